The molecule has 2 aromatic carbocycles. The molecule has 0 aliphatic carbocycles. The number of benzene rings is 2. The standard InChI is InChI=1S/C20H21F2N3O3/c1-12(26)24-18(11-14-4-8-16(22)9-5-14)20(28)25-17(19(23)27)10-13-2-6-15(21)7-3-13/h2-9,17-18H,10-11H2,1H3,(H2,23,27)(H,24,26)(H,25,28)/t17-,18+/m0/s1. The highest BCUT2D eigenvalue weighted by molar-refractivity contribution is 5.91. The molecule has 8 heteroatoms. The predicted molar refractivity (Wildman–Crippen MR) is 98.9 cm³/mol. The van der Waals surface area contributed by atoms with Crippen molar-refractivity contribution < 1.29 is 23.2 Å². The van der Waals surface area contributed by atoms with Gasteiger partial charge < -0.3 is 16.4 Å². The number of nitrogens with two attached hydrogens (primary N) is 1. The molecule has 0 saturated carbocycles. The van der Waals surface area contributed by atoms with Gasteiger partial charge in [-0.3, -0.25) is 14.4 Å². The number of hydrogen-bond acceptors (Lipinski definition) is 3. The fraction of sp³-hybridized carbons (Fsp3) is 0.250. The SMILES string of the molecule is CC(=O)N[C@H](Cc1ccc(F)cc1)C(=O)N[C@@H](Cc1ccc(F)cc1)C(N)=O. The Morgan fingerprint density at radius 1 is 0.821 bits per heavy atom. The number of nitrogens with one attached hydrogen (secondary N) is 2. The maximum atomic E-state index is 13.1. The maximum Gasteiger partial charge on any atom is 0.243 e. The molecule has 0 spiro atoms. The van der Waals surface area contributed by atoms with E-state index in [-0.39, 0.29) is 12.8 Å². The molecule has 0 radical (unpaired) electrons. The van der Waals surface area contributed by atoms with E-state index >= 15 is 0 Å². The van der Waals surface area contributed by atoms with Gasteiger partial charge in [0.25, 0.3) is 0 Å². The average molecular weight is 389 g/mol. The van der Waals surface area contributed by atoms with Crippen molar-refractivity contribution in [2.45, 2.75) is 31.8 Å². The molecule has 0 fully saturated rings. The van der Waals surface area contributed by atoms with Crippen molar-refractivity contribution in [3.05, 3.63) is 71.3 Å². The number of carbonyl (C=O) groups is 3. The molecular weight excluding hydrogens is 368 g/mol. The van der Waals surface area contributed by atoms with Crippen molar-refractivity contribution >= 4 is 17.7 Å². The molecule has 0 aliphatic heterocycles. The molecule has 0 aromatic heterocycles. The first-order valence-corrected chi connectivity index (χ1v) is 8.60. The van der Waals surface area contributed by atoms with Crippen LogP contribution in [0.1, 0.15) is 18.1 Å². The van der Waals surface area contributed by atoms with Crippen LogP contribution in [-0.2, 0) is 27.2 Å². The summed E-state index contributed by atoms with van der Waals surface area (Å²) in [5.74, 6) is -2.64. The van der Waals surface area contributed by atoms with Gasteiger partial charge in [0.1, 0.15) is 23.7 Å². The van der Waals surface area contributed by atoms with Crippen LogP contribution in [0.4, 0.5) is 8.78 Å². The summed E-state index contributed by atoms with van der Waals surface area (Å²) in [5.41, 5.74) is 6.62. The van der Waals surface area contributed by atoms with Crippen molar-refractivity contribution in [1.82, 2.24) is 10.6 Å². The Kier molecular flexibility index (Phi) is 7.20. The van der Waals surface area contributed by atoms with Gasteiger partial charge in [-0.15, -0.1) is 0 Å². The minimum absolute atomic E-state index is 0.0741. The van der Waals surface area contributed by atoms with Gasteiger partial charge in [-0.25, -0.2) is 8.78 Å². The molecule has 4 N–H and O–H groups in total. The summed E-state index contributed by atoms with van der Waals surface area (Å²) in [6, 6.07) is 8.94. The third-order valence-electron chi connectivity index (χ3n) is 4.06. The quantitative estimate of drug-likeness (QED) is 0.633. The molecular formula is C20H21F2N3O3. The van der Waals surface area contributed by atoms with Gasteiger partial charge in [0.2, 0.25) is 17.7 Å². The molecule has 2 atom stereocenters. The molecule has 0 aliphatic rings. The fourth-order valence-electron chi connectivity index (χ4n) is 2.66. The van der Waals surface area contributed by atoms with Gasteiger partial charge in [-0.2, -0.15) is 0 Å². The Morgan fingerprint density at radius 3 is 1.64 bits per heavy atom. The van der Waals surface area contributed by atoms with Crippen molar-refractivity contribution in [2.75, 3.05) is 0 Å². The zero-order chi connectivity index (χ0) is 20.7. The second-order valence-electron chi connectivity index (χ2n) is 6.38. The number of halogens is 2. The molecule has 2 aromatic rings. The molecule has 0 saturated heterocycles. The van der Waals surface area contributed by atoms with Gasteiger partial charge >= 0.3 is 0 Å². The topological polar surface area (TPSA) is 101 Å². The van der Waals surface area contributed by atoms with Crippen LogP contribution in [0.2, 0.25) is 0 Å². The van der Waals surface area contributed by atoms with E-state index in [0.717, 1.165) is 0 Å². The Balaban J connectivity index is 2.11. The smallest absolute Gasteiger partial charge is 0.243 e. The van der Waals surface area contributed by atoms with Gasteiger partial charge in [0.15, 0.2) is 0 Å². The van der Waals surface area contributed by atoms with E-state index in [0.29, 0.717) is 11.1 Å². The van der Waals surface area contributed by atoms with Crippen LogP contribution in [0, 0.1) is 11.6 Å². The highest BCUT2D eigenvalue weighted by Gasteiger charge is 2.25. The third-order valence-corrected chi connectivity index (χ3v) is 4.06. The Hall–Kier alpha value is -3.29. The third kappa shape index (κ3) is 6.46. The largest absolute Gasteiger partial charge is 0.368 e. The minimum Gasteiger partial charge on any atom is -0.368 e. The summed E-state index contributed by atoms with van der Waals surface area (Å²) < 4.78 is 26.1. The second kappa shape index (κ2) is 9.59. The minimum atomic E-state index is -1.04. The van der Waals surface area contributed by atoms with E-state index in [4.69, 9.17) is 5.73 Å². The number of rotatable bonds is 8. The van der Waals surface area contributed by atoms with Crippen LogP contribution in [0.15, 0.2) is 48.5 Å². The van der Waals surface area contributed by atoms with E-state index in [1.807, 2.05) is 0 Å². The Labute approximate surface area is 161 Å². The van der Waals surface area contributed by atoms with Crippen LogP contribution >= 0.6 is 0 Å². The van der Waals surface area contributed by atoms with E-state index < -0.39 is 41.4 Å². The molecule has 0 heterocycles. The summed E-state index contributed by atoms with van der Waals surface area (Å²) >= 11 is 0. The number of hydrogen-bond donors (Lipinski definition) is 3. The zero-order valence-corrected chi connectivity index (χ0v) is 15.2. The first kappa shape index (κ1) is 21.0. The summed E-state index contributed by atoms with van der Waals surface area (Å²) in [5, 5.41) is 5.03. The maximum absolute atomic E-state index is 13.1. The lowest BCUT2D eigenvalue weighted by atomic mass is 10.0. The first-order chi connectivity index (χ1) is 13.2. The Bertz CT molecular complexity index is 839. The van der Waals surface area contributed by atoms with Crippen LogP contribution in [0.5, 0.6) is 0 Å². The molecule has 6 nitrogen and oxygen atoms in total. The van der Waals surface area contributed by atoms with Crippen molar-refractivity contribution in [3.63, 3.8) is 0 Å². The van der Waals surface area contributed by atoms with Gasteiger partial charge in [-0.1, -0.05) is 24.3 Å². The highest BCUT2D eigenvalue weighted by Crippen LogP contribution is 2.09. The number of primary amides is 1. The number of carbonyl (C=O) groups excluding carboxylic acids is 3. The van der Waals surface area contributed by atoms with Gasteiger partial charge in [0, 0.05) is 19.8 Å². The predicted octanol–water partition coefficient (Wildman–Crippen LogP) is 1.22. The lowest BCUT2D eigenvalue weighted by Gasteiger charge is -2.22. The summed E-state index contributed by atoms with van der Waals surface area (Å²) in [6.45, 7) is 1.26. The van der Waals surface area contributed by atoms with Gasteiger partial charge in [0.05, 0.1) is 0 Å². The van der Waals surface area contributed by atoms with E-state index in [9.17, 15) is 23.2 Å². The molecule has 0 unspecified atom stereocenters. The van der Waals surface area contributed by atoms with E-state index in [1.54, 1.807) is 0 Å². The van der Waals surface area contributed by atoms with Crippen molar-refractivity contribution in [1.29, 1.82) is 0 Å². The molecule has 0 bridgehead atoms. The van der Waals surface area contributed by atoms with E-state index in [2.05, 4.69) is 10.6 Å². The molecule has 3 amide bonds. The monoisotopic (exact) mass is 389 g/mol. The lowest BCUT2D eigenvalue weighted by Crippen LogP contribution is -2.54. The summed E-state index contributed by atoms with van der Waals surface area (Å²) in [6.07, 6.45) is 0.179. The molecule has 148 valence electrons. The average Bonchev–Trinajstić information content (AvgIpc) is 2.63. The Morgan fingerprint density at radius 2 is 1.25 bits per heavy atom. The molecule has 2 rings (SSSR count). The van der Waals surface area contributed by atoms with Gasteiger partial charge in [-0.05, 0) is 35.4 Å². The molecule has 28 heavy (non-hydrogen) atoms. The summed E-state index contributed by atoms with van der Waals surface area (Å²) in [7, 11) is 0. The second-order valence-corrected chi connectivity index (χ2v) is 6.38. The lowest BCUT2D eigenvalue weighted by molar-refractivity contribution is -0.130. The number of amides is 3. The van der Waals surface area contributed by atoms with E-state index in [1.165, 1.54) is 55.5 Å². The summed E-state index contributed by atoms with van der Waals surface area (Å²) in [4.78, 5) is 35.9. The normalized spacial score (nSPS) is 12.7. The first-order valence-electron chi connectivity index (χ1n) is 8.60. The fourth-order valence-corrected chi connectivity index (χ4v) is 2.66. The van der Waals surface area contributed by atoms with Crippen LogP contribution < -0.4 is 16.4 Å². The zero-order valence-electron chi connectivity index (χ0n) is 15.2. The van der Waals surface area contributed by atoms with Crippen LogP contribution in [0.25, 0.3) is 0 Å². The van der Waals surface area contributed by atoms with Crippen LogP contribution in [0.3, 0.4) is 0 Å². The highest BCUT2D eigenvalue weighted by atomic mass is 19.1. The van der Waals surface area contributed by atoms with Crippen molar-refractivity contribution in [3.8, 4) is 0 Å². The van der Waals surface area contributed by atoms with Crippen molar-refractivity contribution in [2.24, 2.45) is 5.73 Å². The van der Waals surface area contributed by atoms with Crippen LogP contribution in [-0.4, -0.2) is 29.8 Å².